The van der Waals surface area contributed by atoms with Crippen molar-refractivity contribution in [1.82, 2.24) is 24.8 Å². The number of piperazine rings is 1. The molecule has 2 aromatic heterocycles. The van der Waals surface area contributed by atoms with Crippen LogP contribution in [0.4, 0.5) is 27.1 Å². The lowest BCUT2D eigenvalue weighted by atomic mass is 10.2. The molecule has 1 aliphatic heterocycles. The Morgan fingerprint density at radius 3 is 2.65 bits per heavy atom. The molecule has 5 rings (SSSR count). The van der Waals surface area contributed by atoms with Crippen LogP contribution in [0.2, 0.25) is 10.0 Å². The average Bonchev–Trinajstić information content (AvgIpc) is 3.39. The van der Waals surface area contributed by atoms with Crippen LogP contribution >= 0.6 is 34.5 Å². The summed E-state index contributed by atoms with van der Waals surface area (Å²) in [6.45, 7) is 5.27. The summed E-state index contributed by atoms with van der Waals surface area (Å²) in [6.07, 6.45) is 1.45. The molecule has 14 heteroatoms. The van der Waals surface area contributed by atoms with Crippen molar-refractivity contribution in [2.45, 2.75) is 6.92 Å². The number of hydrogen-bond acceptors (Lipinski definition) is 10. The fourth-order valence-corrected chi connectivity index (χ4v) is 5.38. The van der Waals surface area contributed by atoms with Gasteiger partial charge in [-0.3, -0.25) is 15.0 Å². The summed E-state index contributed by atoms with van der Waals surface area (Å²) in [5.41, 5.74) is 1.77. The number of anilines is 4. The van der Waals surface area contributed by atoms with Crippen LogP contribution in [0.15, 0.2) is 42.6 Å². The first-order chi connectivity index (χ1) is 19.3. The summed E-state index contributed by atoms with van der Waals surface area (Å²) in [5.74, 6) is -0.0491. The van der Waals surface area contributed by atoms with E-state index in [1.807, 2.05) is 24.0 Å². The number of amides is 1. The van der Waals surface area contributed by atoms with Crippen LogP contribution in [-0.4, -0.2) is 75.2 Å². The number of carbonyl (C=O) groups is 1. The maximum Gasteiger partial charge on any atom is 0.267 e. The fraction of sp³-hybridized carbons (Fsp3) is 0.269. The van der Waals surface area contributed by atoms with Crippen LogP contribution in [0.25, 0.3) is 11.4 Å². The molecule has 10 nitrogen and oxygen atoms in total. The average molecular weight is 604 g/mol. The highest BCUT2D eigenvalue weighted by atomic mass is 35.5. The van der Waals surface area contributed by atoms with Crippen molar-refractivity contribution in [3.63, 3.8) is 0 Å². The number of benzene rings is 2. The van der Waals surface area contributed by atoms with Crippen molar-refractivity contribution in [3.8, 4) is 11.4 Å². The minimum absolute atomic E-state index is 0.0934. The van der Waals surface area contributed by atoms with Crippen molar-refractivity contribution < 1.29 is 14.3 Å². The van der Waals surface area contributed by atoms with E-state index >= 15 is 0 Å². The van der Waals surface area contributed by atoms with E-state index in [0.29, 0.717) is 51.9 Å². The third-order valence-electron chi connectivity index (χ3n) is 6.22. The zero-order chi connectivity index (χ0) is 28.2. The Kier molecular flexibility index (Phi) is 8.72. The van der Waals surface area contributed by atoms with E-state index in [9.17, 15) is 14.3 Å². The molecule has 3 N–H and O–H groups in total. The van der Waals surface area contributed by atoms with Crippen LogP contribution in [0, 0.1) is 12.7 Å². The number of aliphatic hydroxyl groups excluding tert-OH is 1. The van der Waals surface area contributed by atoms with Crippen LogP contribution in [-0.2, 0) is 0 Å². The van der Waals surface area contributed by atoms with Gasteiger partial charge in [0.15, 0.2) is 11.0 Å². The SMILES string of the molecule is Cc1cccc(Cl)c1NC(=O)c1cnc(Nc2nc(-c3cc(F)cc(Cl)c3)nc(N3CCN(CCO)CC3)n2)s1. The molecule has 0 saturated carbocycles. The molecule has 3 heterocycles. The van der Waals surface area contributed by atoms with Gasteiger partial charge < -0.3 is 15.3 Å². The summed E-state index contributed by atoms with van der Waals surface area (Å²) in [7, 11) is 0. The Labute approximate surface area is 243 Å². The molecule has 0 spiro atoms. The maximum absolute atomic E-state index is 14.2. The van der Waals surface area contributed by atoms with E-state index in [0.717, 1.165) is 30.0 Å². The van der Waals surface area contributed by atoms with Gasteiger partial charge in [-0.05, 0) is 36.8 Å². The number of aryl methyl sites for hydroxylation is 1. The number of aliphatic hydroxyl groups is 1. The van der Waals surface area contributed by atoms with Crippen molar-refractivity contribution in [2.24, 2.45) is 0 Å². The van der Waals surface area contributed by atoms with E-state index in [2.05, 4.69) is 35.5 Å². The lowest BCUT2D eigenvalue weighted by molar-refractivity contribution is 0.103. The maximum atomic E-state index is 14.2. The molecule has 0 atom stereocenters. The smallest absolute Gasteiger partial charge is 0.267 e. The standard InChI is InChI=1S/C26H25Cl2FN8O2S/c1-15-3-2-4-19(28)21(15)31-23(39)20-14-30-26(40-20)35-24-32-22(16-11-17(27)13-18(29)12-16)33-25(34-24)37-7-5-36(6-8-37)9-10-38/h2-4,11-14,38H,5-10H2,1H3,(H,31,39)(H,30,32,33,34,35). The Morgan fingerprint density at radius 1 is 1.12 bits per heavy atom. The molecule has 208 valence electrons. The van der Waals surface area contributed by atoms with E-state index in [1.54, 1.807) is 12.1 Å². The number of aromatic nitrogens is 4. The molecule has 0 bridgehead atoms. The lowest BCUT2D eigenvalue weighted by Crippen LogP contribution is -2.47. The number of rotatable bonds is 8. The first-order valence-electron chi connectivity index (χ1n) is 12.4. The van der Waals surface area contributed by atoms with Crippen LogP contribution in [0.1, 0.15) is 15.2 Å². The molecule has 0 unspecified atom stereocenters. The van der Waals surface area contributed by atoms with Crippen molar-refractivity contribution in [2.75, 3.05) is 54.9 Å². The Hall–Kier alpha value is -3.42. The molecule has 0 aliphatic carbocycles. The molecule has 1 fully saturated rings. The number of hydrogen-bond donors (Lipinski definition) is 3. The van der Waals surface area contributed by atoms with Gasteiger partial charge in [-0.1, -0.05) is 46.7 Å². The molecule has 0 radical (unpaired) electrons. The van der Waals surface area contributed by atoms with E-state index < -0.39 is 5.82 Å². The third-order valence-corrected chi connectivity index (χ3v) is 7.67. The van der Waals surface area contributed by atoms with Gasteiger partial charge in [0.05, 0.1) is 23.5 Å². The second-order valence-corrected chi connectivity index (χ2v) is 10.9. The summed E-state index contributed by atoms with van der Waals surface area (Å²) in [5, 5.41) is 16.2. The van der Waals surface area contributed by atoms with Crippen LogP contribution in [0.5, 0.6) is 0 Å². The molecular weight excluding hydrogens is 578 g/mol. The predicted octanol–water partition coefficient (Wildman–Crippen LogP) is 4.86. The summed E-state index contributed by atoms with van der Waals surface area (Å²) < 4.78 is 14.2. The third kappa shape index (κ3) is 6.65. The minimum atomic E-state index is -0.513. The molecule has 40 heavy (non-hydrogen) atoms. The summed E-state index contributed by atoms with van der Waals surface area (Å²) in [4.78, 5) is 35.4. The van der Waals surface area contributed by atoms with E-state index in [1.165, 1.54) is 18.3 Å². The monoisotopic (exact) mass is 602 g/mol. The molecular formula is C26H25Cl2FN8O2S. The zero-order valence-corrected chi connectivity index (χ0v) is 23.7. The highest BCUT2D eigenvalue weighted by Crippen LogP contribution is 2.29. The van der Waals surface area contributed by atoms with Gasteiger partial charge in [0, 0.05) is 43.3 Å². The Morgan fingerprint density at radius 2 is 1.93 bits per heavy atom. The van der Waals surface area contributed by atoms with Crippen LogP contribution < -0.4 is 15.5 Å². The second kappa shape index (κ2) is 12.4. The molecule has 1 aliphatic rings. The number of thiazole rings is 1. The number of carbonyl (C=O) groups excluding carboxylic acids is 1. The van der Waals surface area contributed by atoms with Crippen molar-refractivity contribution in [1.29, 1.82) is 0 Å². The van der Waals surface area contributed by atoms with Gasteiger partial charge in [-0.2, -0.15) is 15.0 Å². The molecule has 1 saturated heterocycles. The van der Waals surface area contributed by atoms with Gasteiger partial charge in [0.2, 0.25) is 11.9 Å². The quantitative estimate of drug-likeness (QED) is 0.260. The summed E-state index contributed by atoms with van der Waals surface area (Å²) in [6, 6.07) is 9.46. The fourth-order valence-electron chi connectivity index (χ4n) is 4.18. The normalized spacial score (nSPS) is 13.9. The number of β-amino-alcohol motifs (C(OH)–C–C–N with tert-alkyl or cyclic N) is 1. The van der Waals surface area contributed by atoms with Gasteiger partial charge in [0.25, 0.3) is 5.91 Å². The second-order valence-electron chi connectivity index (χ2n) is 9.03. The number of nitrogens with one attached hydrogen (secondary N) is 2. The number of para-hydroxylation sites is 1. The largest absolute Gasteiger partial charge is 0.395 e. The van der Waals surface area contributed by atoms with Gasteiger partial charge in [0.1, 0.15) is 10.7 Å². The Bertz CT molecular complexity index is 1490. The number of halogens is 3. The first kappa shape index (κ1) is 28.1. The molecule has 4 aromatic rings. The van der Waals surface area contributed by atoms with Gasteiger partial charge in [-0.15, -0.1) is 0 Å². The zero-order valence-electron chi connectivity index (χ0n) is 21.4. The first-order valence-corrected chi connectivity index (χ1v) is 14.0. The Balaban J connectivity index is 1.40. The van der Waals surface area contributed by atoms with E-state index in [4.69, 9.17) is 23.2 Å². The van der Waals surface area contributed by atoms with E-state index in [-0.39, 0.29) is 29.3 Å². The summed E-state index contributed by atoms with van der Waals surface area (Å²) >= 11 is 13.5. The topological polar surface area (TPSA) is 119 Å². The van der Waals surface area contributed by atoms with Gasteiger partial charge >= 0.3 is 0 Å². The minimum Gasteiger partial charge on any atom is -0.395 e. The van der Waals surface area contributed by atoms with Crippen LogP contribution in [0.3, 0.4) is 0 Å². The van der Waals surface area contributed by atoms with Gasteiger partial charge in [-0.25, -0.2) is 9.37 Å². The highest BCUT2D eigenvalue weighted by molar-refractivity contribution is 7.17. The molecule has 1 amide bonds. The van der Waals surface area contributed by atoms with Crippen molar-refractivity contribution >= 4 is 63.2 Å². The van der Waals surface area contributed by atoms with Crippen molar-refractivity contribution in [3.05, 3.63) is 68.9 Å². The lowest BCUT2D eigenvalue weighted by Gasteiger charge is -2.34. The highest BCUT2D eigenvalue weighted by Gasteiger charge is 2.22. The number of nitrogens with zero attached hydrogens (tertiary/aromatic N) is 6. The predicted molar refractivity (Wildman–Crippen MR) is 156 cm³/mol. The molecule has 2 aromatic carbocycles.